The van der Waals surface area contributed by atoms with E-state index in [0.717, 1.165) is 16.7 Å². The summed E-state index contributed by atoms with van der Waals surface area (Å²) in [6.07, 6.45) is 1.78. The Morgan fingerprint density at radius 1 is 0.364 bits per heavy atom. The fraction of sp³-hybridized carbons (Fsp3) is 0.316. The maximum Gasteiger partial charge on any atom is 0.647 e. The molecule has 6 aromatic carbocycles. The van der Waals surface area contributed by atoms with E-state index < -0.39 is 42.8 Å². The smallest absolute Gasteiger partial charge is 0.497 e. The summed E-state index contributed by atoms with van der Waals surface area (Å²) in [6.45, 7) is 6.49. The summed E-state index contributed by atoms with van der Waals surface area (Å²) >= 11 is 0. The summed E-state index contributed by atoms with van der Waals surface area (Å²) in [5.41, 5.74) is 1.41. The summed E-state index contributed by atoms with van der Waals surface area (Å²) < 4.78 is 87.3. The minimum absolute atomic E-state index is 0.0306. The molecule has 20 heteroatoms. The van der Waals surface area contributed by atoms with Gasteiger partial charge in [-0.1, -0.05) is 57.2 Å². The van der Waals surface area contributed by atoms with Gasteiger partial charge in [-0.2, -0.15) is 4.57 Å². The number of ether oxygens (including phenoxy) is 9. The highest BCUT2D eigenvalue weighted by Gasteiger charge is 2.40. The van der Waals surface area contributed by atoms with Crippen molar-refractivity contribution in [3.63, 3.8) is 0 Å². The molecule has 0 spiro atoms. The first-order valence-corrected chi connectivity index (χ1v) is 26.2. The Morgan fingerprint density at radius 2 is 0.610 bits per heavy atom. The lowest BCUT2D eigenvalue weighted by molar-refractivity contribution is 0.0938. The van der Waals surface area contributed by atoms with Gasteiger partial charge in [-0.05, 0) is 72.4 Å². The van der Waals surface area contributed by atoms with Crippen LogP contribution in [0.1, 0.15) is 87.8 Å². The Morgan fingerprint density at radius 3 is 0.831 bits per heavy atom. The third-order valence-electron chi connectivity index (χ3n) is 11.3. The van der Waals surface area contributed by atoms with Crippen molar-refractivity contribution in [1.29, 1.82) is 0 Å². The molecule has 3 amide bonds. The highest BCUT2D eigenvalue weighted by molar-refractivity contribution is 7.49. The van der Waals surface area contributed by atoms with E-state index in [1.807, 2.05) is 20.8 Å². The number of methoxy groups -OCH3 is 6. The molecule has 0 fully saturated rings. The number of carbonyl (C=O) groups is 3. The Labute approximate surface area is 448 Å². The number of nitrogens with one attached hydrogen (secondary N) is 3. The SMILES string of the molecule is CCCOc1cc(OC)c(C(=O)NCc2ccc(OC)cc2)c(OP(=O)(Oc2cc(OCCC)cc(OC)c2C(=O)NCc2ccc(OC)cc2)Oc2cc(OCCC)cc(OC)c2C(=O)NCc2ccc(OC)cc2)c1. The number of phosphoric acid groups is 1. The van der Waals surface area contributed by atoms with Crippen LogP contribution in [-0.4, -0.2) is 80.2 Å². The van der Waals surface area contributed by atoms with Gasteiger partial charge in [0, 0.05) is 56.0 Å². The molecule has 0 saturated heterocycles. The molecule has 6 aromatic rings. The van der Waals surface area contributed by atoms with Gasteiger partial charge in [0.2, 0.25) is 0 Å². The van der Waals surface area contributed by atoms with Gasteiger partial charge in [0.25, 0.3) is 17.7 Å². The van der Waals surface area contributed by atoms with Gasteiger partial charge in [-0.15, -0.1) is 0 Å². The molecular weight excluding hydrogens is 1010 g/mol. The molecule has 19 nitrogen and oxygen atoms in total. The van der Waals surface area contributed by atoms with Crippen LogP contribution in [0.25, 0.3) is 0 Å². The molecule has 0 aliphatic carbocycles. The standard InChI is InChI=1S/C57H66N3O16P/c1-10-25-71-43-28-46(68-7)52(55(61)58-34-37-13-19-40(65-4)20-14-37)49(31-43)74-77(64,75-50-32-44(72-26-11-2)29-47(69-8)53(50)56(62)59-35-38-15-21-41(66-5)22-16-38)76-51-33-45(73-27-12-3)30-48(70-9)54(51)57(63)60-36-39-17-23-42(67-6)24-18-39/h13-24,28-33H,10-12,25-27,34-36H2,1-9H3,(H,58,61)(H,59,62)(H,60,63). The van der Waals surface area contributed by atoms with Crippen LogP contribution in [0.4, 0.5) is 0 Å². The van der Waals surface area contributed by atoms with E-state index in [0.29, 0.717) is 36.5 Å². The summed E-state index contributed by atoms with van der Waals surface area (Å²) in [6, 6.07) is 29.6. The van der Waals surface area contributed by atoms with Crippen LogP contribution < -0.4 is 72.2 Å². The highest BCUT2D eigenvalue weighted by atomic mass is 31.2. The van der Waals surface area contributed by atoms with Crippen molar-refractivity contribution in [2.45, 2.75) is 59.7 Å². The molecule has 0 bridgehead atoms. The molecule has 0 heterocycles. The predicted octanol–water partition coefficient (Wildman–Crippen LogP) is 10.5. The van der Waals surface area contributed by atoms with Crippen LogP contribution >= 0.6 is 7.82 Å². The van der Waals surface area contributed by atoms with E-state index in [-0.39, 0.29) is 90.6 Å². The molecule has 0 unspecified atom stereocenters. The average molecular weight is 1080 g/mol. The summed E-state index contributed by atoms with van der Waals surface area (Å²) in [7, 11) is 3.17. The van der Waals surface area contributed by atoms with Crippen LogP contribution in [-0.2, 0) is 24.2 Å². The van der Waals surface area contributed by atoms with Gasteiger partial charge in [0.15, 0.2) is 17.2 Å². The number of rotatable bonds is 30. The zero-order valence-corrected chi connectivity index (χ0v) is 45.6. The highest BCUT2D eigenvalue weighted by Crippen LogP contribution is 2.55. The third-order valence-corrected chi connectivity index (χ3v) is 12.6. The largest absolute Gasteiger partial charge is 0.647 e. The second-order valence-electron chi connectivity index (χ2n) is 16.9. The van der Waals surface area contributed by atoms with Crippen molar-refractivity contribution in [1.82, 2.24) is 16.0 Å². The molecule has 0 aliphatic rings. The monoisotopic (exact) mass is 1080 g/mol. The molecule has 3 N–H and O–H groups in total. The zero-order chi connectivity index (χ0) is 55.3. The lowest BCUT2D eigenvalue weighted by Gasteiger charge is -2.25. The number of carbonyl (C=O) groups excluding carboxylic acids is 3. The molecule has 6 rings (SSSR count). The van der Waals surface area contributed by atoms with E-state index in [9.17, 15) is 14.4 Å². The topological polar surface area (TPSA) is 215 Å². The van der Waals surface area contributed by atoms with Crippen molar-refractivity contribution in [2.24, 2.45) is 0 Å². The molecule has 0 aromatic heterocycles. The maximum absolute atomic E-state index is 16.4. The molecule has 77 heavy (non-hydrogen) atoms. The van der Waals surface area contributed by atoms with Crippen LogP contribution in [0.2, 0.25) is 0 Å². The fourth-order valence-electron chi connectivity index (χ4n) is 7.44. The Bertz CT molecular complexity index is 2650. The van der Waals surface area contributed by atoms with Gasteiger partial charge >= 0.3 is 7.82 Å². The van der Waals surface area contributed by atoms with Gasteiger partial charge in [0.05, 0.1) is 62.5 Å². The summed E-state index contributed by atoms with van der Waals surface area (Å²) in [5.74, 6) is -1.22. The van der Waals surface area contributed by atoms with Crippen molar-refractivity contribution in [3.05, 3.63) is 143 Å². The number of hydrogen-bond donors (Lipinski definition) is 3. The van der Waals surface area contributed by atoms with E-state index >= 15 is 4.57 Å². The molecule has 0 radical (unpaired) electrons. The zero-order valence-electron chi connectivity index (χ0n) is 44.7. The van der Waals surface area contributed by atoms with Crippen molar-refractivity contribution >= 4 is 25.5 Å². The van der Waals surface area contributed by atoms with Crippen molar-refractivity contribution in [2.75, 3.05) is 62.5 Å². The Kier molecular flexibility index (Phi) is 21.4. The first-order chi connectivity index (χ1) is 37.3. The van der Waals surface area contributed by atoms with Crippen LogP contribution in [0, 0.1) is 0 Å². The summed E-state index contributed by atoms with van der Waals surface area (Å²) in [5, 5.41) is 8.63. The minimum atomic E-state index is -5.49. The van der Waals surface area contributed by atoms with Crippen molar-refractivity contribution in [3.8, 4) is 69.0 Å². The third kappa shape index (κ3) is 15.8. The molecular formula is C57H66N3O16P. The lowest BCUT2D eigenvalue weighted by atomic mass is 10.1. The Hall–Kier alpha value is -8.44. The van der Waals surface area contributed by atoms with Gasteiger partial charge < -0.3 is 72.2 Å². The van der Waals surface area contributed by atoms with Crippen LogP contribution in [0.15, 0.2) is 109 Å². The fourth-order valence-corrected chi connectivity index (χ4v) is 8.70. The first kappa shape index (κ1) is 57.8. The lowest BCUT2D eigenvalue weighted by Crippen LogP contribution is -2.26. The predicted molar refractivity (Wildman–Crippen MR) is 288 cm³/mol. The number of amides is 3. The van der Waals surface area contributed by atoms with Gasteiger partial charge in [-0.3, -0.25) is 14.4 Å². The van der Waals surface area contributed by atoms with Crippen molar-refractivity contribution < 1.29 is 75.2 Å². The summed E-state index contributed by atoms with van der Waals surface area (Å²) in [4.78, 5) is 43.7. The van der Waals surface area contributed by atoms with E-state index in [2.05, 4.69) is 16.0 Å². The van der Waals surface area contributed by atoms with E-state index in [4.69, 9.17) is 56.2 Å². The van der Waals surface area contributed by atoms with Crippen LogP contribution in [0.3, 0.4) is 0 Å². The van der Waals surface area contributed by atoms with E-state index in [1.54, 1.807) is 94.1 Å². The first-order valence-electron chi connectivity index (χ1n) is 24.8. The molecule has 0 atom stereocenters. The second-order valence-corrected chi connectivity index (χ2v) is 18.3. The maximum atomic E-state index is 16.4. The average Bonchev–Trinajstić information content (AvgIpc) is 3.48. The van der Waals surface area contributed by atoms with Crippen LogP contribution in [0.5, 0.6) is 69.0 Å². The minimum Gasteiger partial charge on any atom is -0.497 e. The van der Waals surface area contributed by atoms with Gasteiger partial charge in [-0.25, -0.2) is 0 Å². The number of hydrogen-bond acceptors (Lipinski definition) is 16. The number of phosphoric ester groups is 1. The quantitative estimate of drug-likeness (QED) is 0.0358. The normalized spacial score (nSPS) is 10.8. The number of benzene rings is 6. The second kappa shape index (κ2) is 28.5. The Balaban J connectivity index is 1.56. The van der Waals surface area contributed by atoms with E-state index in [1.165, 1.54) is 57.7 Å². The molecule has 0 saturated carbocycles. The van der Waals surface area contributed by atoms with Gasteiger partial charge in [0.1, 0.15) is 68.4 Å². The molecule has 0 aliphatic heterocycles. The molecule has 410 valence electrons.